The number of benzene rings is 1. The summed E-state index contributed by atoms with van der Waals surface area (Å²) in [7, 11) is 0. The van der Waals surface area contributed by atoms with Gasteiger partial charge in [-0.1, -0.05) is 25.3 Å². The van der Waals surface area contributed by atoms with Crippen molar-refractivity contribution in [2.45, 2.75) is 37.6 Å². The summed E-state index contributed by atoms with van der Waals surface area (Å²) < 4.78 is 0.954. The Hall–Kier alpha value is -0.540. The Morgan fingerprint density at radius 3 is 2.40 bits per heavy atom. The predicted molar refractivity (Wildman–Crippen MR) is 67.5 cm³/mol. The Balaban J connectivity index is 2.31. The van der Waals surface area contributed by atoms with Gasteiger partial charge in [-0.2, -0.15) is 0 Å². The Morgan fingerprint density at radius 2 is 1.80 bits per heavy atom. The molecule has 0 amide bonds. The zero-order valence-corrected chi connectivity index (χ0v) is 10.4. The molecule has 0 radical (unpaired) electrons. The number of rotatable bonds is 1. The molecule has 1 aliphatic carbocycles. The predicted octanol–water partition coefficient (Wildman–Crippen LogP) is 3.15. The average Bonchev–Trinajstić information content (AvgIpc) is 2.23. The van der Waals surface area contributed by atoms with Gasteiger partial charge in [0.25, 0.3) is 0 Å². The monoisotopic (exact) mass is 268 g/mol. The fourth-order valence-electron chi connectivity index (χ4n) is 2.31. The highest BCUT2D eigenvalue weighted by atomic mass is 79.9. The topological polar surface area (TPSA) is 52.0 Å². The largest absolute Gasteiger partial charge is 0.398 e. The molecule has 1 aliphatic rings. The van der Waals surface area contributed by atoms with E-state index in [1.54, 1.807) is 0 Å². The van der Waals surface area contributed by atoms with Crippen molar-refractivity contribution in [3.8, 4) is 0 Å². The summed E-state index contributed by atoms with van der Waals surface area (Å²) in [5.74, 6) is 0. The van der Waals surface area contributed by atoms with E-state index >= 15 is 0 Å². The second-order valence-corrected chi connectivity index (χ2v) is 5.31. The standard InChI is InChI=1S/C12H17BrN2/c13-10-8-9(4-5-11(10)14)12(15)6-2-1-3-7-12/h4-5,8H,1-3,6-7,14-15H2. The fraction of sp³-hybridized carbons (Fsp3) is 0.500. The molecule has 2 rings (SSSR count). The van der Waals surface area contributed by atoms with Crippen LogP contribution in [0.3, 0.4) is 0 Å². The van der Waals surface area contributed by atoms with Crippen molar-refractivity contribution in [1.29, 1.82) is 0 Å². The van der Waals surface area contributed by atoms with Gasteiger partial charge in [0.1, 0.15) is 0 Å². The maximum absolute atomic E-state index is 6.44. The Labute approximate surface area is 99.2 Å². The lowest BCUT2D eigenvalue weighted by Gasteiger charge is -2.34. The van der Waals surface area contributed by atoms with Crippen molar-refractivity contribution in [3.63, 3.8) is 0 Å². The highest BCUT2D eigenvalue weighted by Crippen LogP contribution is 2.36. The molecule has 1 aromatic carbocycles. The number of anilines is 1. The Bertz CT molecular complexity index is 357. The zero-order chi connectivity index (χ0) is 10.9. The van der Waals surface area contributed by atoms with E-state index in [9.17, 15) is 0 Å². The summed E-state index contributed by atoms with van der Waals surface area (Å²) >= 11 is 3.46. The van der Waals surface area contributed by atoms with Crippen molar-refractivity contribution in [2.75, 3.05) is 5.73 Å². The highest BCUT2D eigenvalue weighted by Gasteiger charge is 2.29. The SMILES string of the molecule is Nc1ccc(C2(N)CCCCC2)cc1Br. The average molecular weight is 269 g/mol. The van der Waals surface area contributed by atoms with E-state index in [1.165, 1.54) is 24.8 Å². The van der Waals surface area contributed by atoms with E-state index in [0.717, 1.165) is 23.0 Å². The summed E-state index contributed by atoms with van der Waals surface area (Å²) in [6, 6.07) is 6.06. The first-order valence-electron chi connectivity index (χ1n) is 5.46. The van der Waals surface area contributed by atoms with E-state index in [4.69, 9.17) is 11.5 Å². The van der Waals surface area contributed by atoms with Crippen LogP contribution in [-0.2, 0) is 5.54 Å². The first-order valence-corrected chi connectivity index (χ1v) is 6.25. The van der Waals surface area contributed by atoms with Crippen LogP contribution in [0, 0.1) is 0 Å². The second-order valence-electron chi connectivity index (χ2n) is 4.45. The molecular formula is C12H17BrN2. The number of hydrogen-bond donors (Lipinski definition) is 2. The second kappa shape index (κ2) is 4.14. The Kier molecular flexibility index (Phi) is 3.03. The number of nitrogens with two attached hydrogens (primary N) is 2. The van der Waals surface area contributed by atoms with Gasteiger partial charge in [0.15, 0.2) is 0 Å². The summed E-state index contributed by atoms with van der Waals surface area (Å²) in [5, 5.41) is 0. The third-order valence-corrected chi connectivity index (χ3v) is 4.01. The molecule has 0 unspecified atom stereocenters. The molecule has 82 valence electrons. The molecule has 0 spiro atoms. The van der Waals surface area contributed by atoms with Crippen LogP contribution in [0.1, 0.15) is 37.7 Å². The Morgan fingerprint density at radius 1 is 1.13 bits per heavy atom. The first-order chi connectivity index (χ1) is 7.12. The maximum atomic E-state index is 6.44. The highest BCUT2D eigenvalue weighted by molar-refractivity contribution is 9.10. The quantitative estimate of drug-likeness (QED) is 0.769. The van der Waals surface area contributed by atoms with Crippen LogP contribution in [0.2, 0.25) is 0 Å². The molecule has 0 atom stereocenters. The van der Waals surface area contributed by atoms with Crippen LogP contribution in [-0.4, -0.2) is 0 Å². The third-order valence-electron chi connectivity index (χ3n) is 3.32. The molecule has 0 saturated heterocycles. The van der Waals surface area contributed by atoms with Crippen LogP contribution < -0.4 is 11.5 Å². The maximum Gasteiger partial charge on any atom is 0.0458 e. The van der Waals surface area contributed by atoms with E-state index in [-0.39, 0.29) is 5.54 Å². The van der Waals surface area contributed by atoms with Crippen LogP contribution in [0.25, 0.3) is 0 Å². The summed E-state index contributed by atoms with van der Waals surface area (Å²) in [6.45, 7) is 0. The molecule has 0 heterocycles. The van der Waals surface area contributed by atoms with E-state index in [2.05, 4.69) is 28.1 Å². The van der Waals surface area contributed by atoms with Gasteiger partial charge in [-0.3, -0.25) is 0 Å². The van der Waals surface area contributed by atoms with Gasteiger partial charge in [-0.25, -0.2) is 0 Å². The van der Waals surface area contributed by atoms with Crippen molar-refractivity contribution < 1.29 is 0 Å². The molecule has 15 heavy (non-hydrogen) atoms. The van der Waals surface area contributed by atoms with Gasteiger partial charge < -0.3 is 11.5 Å². The lowest BCUT2D eigenvalue weighted by Crippen LogP contribution is -2.38. The van der Waals surface area contributed by atoms with Gasteiger partial charge in [0, 0.05) is 15.7 Å². The van der Waals surface area contributed by atoms with E-state index in [0.29, 0.717) is 0 Å². The molecular weight excluding hydrogens is 252 g/mol. The van der Waals surface area contributed by atoms with Crippen LogP contribution in [0.5, 0.6) is 0 Å². The van der Waals surface area contributed by atoms with Crippen molar-refractivity contribution >= 4 is 21.6 Å². The molecule has 0 aliphatic heterocycles. The minimum atomic E-state index is -0.130. The molecule has 0 aromatic heterocycles. The van der Waals surface area contributed by atoms with Crippen LogP contribution in [0.4, 0.5) is 5.69 Å². The van der Waals surface area contributed by atoms with Crippen molar-refractivity contribution in [1.82, 2.24) is 0 Å². The van der Waals surface area contributed by atoms with Gasteiger partial charge in [-0.15, -0.1) is 0 Å². The molecule has 1 aromatic rings. The van der Waals surface area contributed by atoms with Crippen molar-refractivity contribution in [3.05, 3.63) is 28.2 Å². The van der Waals surface area contributed by atoms with Gasteiger partial charge >= 0.3 is 0 Å². The van der Waals surface area contributed by atoms with E-state index in [1.807, 2.05) is 6.07 Å². The summed E-state index contributed by atoms with van der Waals surface area (Å²) in [6.07, 6.45) is 5.96. The molecule has 3 heteroatoms. The van der Waals surface area contributed by atoms with Gasteiger partial charge in [-0.05, 0) is 46.5 Å². The third kappa shape index (κ3) is 2.18. The fourth-order valence-corrected chi connectivity index (χ4v) is 2.69. The first kappa shape index (κ1) is 11.0. The zero-order valence-electron chi connectivity index (χ0n) is 8.80. The summed E-state index contributed by atoms with van der Waals surface area (Å²) in [5.41, 5.74) is 14.1. The minimum absolute atomic E-state index is 0.130. The lowest BCUT2D eigenvalue weighted by molar-refractivity contribution is 0.302. The molecule has 0 bridgehead atoms. The lowest BCUT2D eigenvalue weighted by atomic mass is 9.77. The summed E-state index contributed by atoms with van der Waals surface area (Å²) in [4.78, 5) is 0. The van der Waals surface area contributed by atoms with E-state index < -0.39 is 0 Å². The van der Waals surface area contributed by atoms with Crippen LogP contribution in [0.15, 0.2) is 22.7 Å². The molecule has 4 N–H and O–H groups in total. The molecule has 1 saturated carbocycles. The minimum Gasteiger partial charge on any atom is -0.398 e. The molecule has 1 fully saturated rings. The number of hydrogen-bond acceptors (Lipinski definition) is 2. The number of halogens is 1. The van der Waals surface area contributed by atoms with Gasteiger partial charge in [0.05, 0.1) is 0 Å². The smallest absolute Gasteiger partial charge is 0.0458 e. The number of nitrogen functional groups attached to an aromatic ring is 1. The normalized spacial score (nSPS) is 20.1. The van der Waals surface area contributed by atoms with Crippen molar-refractivity contribution in [2.24, 2.45) is 5.73 Å². The van der Waals surface area contributed by atoms with Gasteiger partial charge in [0.2, 0.25) is 0 Å². The molecule has 2 nitrogen and oxygen atoms in total. The van der Waals surface area contributed by atoms with Crippen LogP contribution >= 0.6 is 15.9 Å².